The SMILES string of the molecule is C[C@H]1CCCC[C@@H]1OCCNC(=O)c1ccc([N+](=O)[O-])o1. The maximum Gasteiger partial charge on any atom is 0.433 e. The zero-order chi connectivity index (χ0) is 15.2. The van der Waals surface area contributed by atoms with Gasteiger partial charge in [0.2, 0.25) is 0 Å². The number of nitrogens with zero attached hydrogens (tertiary/aromatic N) is 1. The molecular formula is C14H20N2O5. The van der Waals surface area contributed by atoms with E-state index in [0.717, 1.165) is 12.5 Å². The predicted octanol–water partition coefficient (Wildman–Crippen LogP) is 2.51. The van der Waals surface area contributed by atoms with Crippen molar-refractivity contribution in [1.82, 2.24) is 5.32 Å². The lowest BCUT2D eigenvalue weighted by molar-refractivity contribution is -0.402. The molecule has 0 radical (unpaired) electrons. The van der Waals surface area contributed by atoms with E-state index in [4.69, 9.17) is 9.15 Å². The first-order chi connectivity index (χ1) is 10.1. The van der Waals surface area contributed by atoms with Crippen LogP contribution >= 0.6 is 0 Å². The summed E-state index contributed by atoms with van der Waals surface area (Å²) >= 11 is 0. The smallest absolute Gasteiger partial charge is 0.395 e. The molecule has 1 heterocycles. The van der Waals surface area contributed by atoms with Crippen LogP contribution in [0.1, 0.15) is 43.2 Å². The molecule has 116 valence electrons. The molecule has 1 aromatic rings. The Bertz CT molecular complexity index is 499. The Balaban J connectivity index is 1.70. The molecule has 21 heavy (non-hydrogen) atoms. The molecule has 0 unspecified atom stereocenters. The largest absolute Gasteiger partial charge is 0.433 e. The quantitative estimate of drug-likeness (QED) is 0.494. The van der Waals surface area contributed by atoms with E-state index in [1.54, 1.807) is 0 Å². The minimum atomic E-state index is -0.676. The number of carbonyl (C=O) groups is 1. The topological polar surface area (TPSA) is 94.6 Å². The molecule has 0 aromatic carbocycles. The number of nitrogens with one attached hydrogen (secondary N) is 1. The number of ether oxygens (including phenoxy) is 1. The Kier molecular flexibility index (Phi) is 5.32. The van der Waals surface area contributed by atoms with Gasteiger partial charge in [-0.2, -0.15) is 0 Å². The van der Waals surface area contributed by atoms with Crippen molar-refractivity contribution in [2.24, 2.45) is 5.92 Å². The van der Waals surface area contributed by atoms with Crippen molar-refractivity contribution in [2.75, 3.05) is 13.2 Å². The summed E-state index contributed by atoms with van der Waals surface area (Å²) in [6, 6.07) is 2.45. The van der Waals surface area contributed by atoms with Crippen molar-refractivity contribution in [3.8, 4) is 0 Å². The summed E-state index contributed by atoms with van der Waals surface area (Å²) in [6.07, 6.45) is 4.97. The number of amides is 1. The maximum absolute atomic E-state index is 11.7. The van der Waals surface area contributed by atoms with Gasteiger partial charge in [0.05, 0.1) is 18.8 Å². The Morgan fingerprint density at radius 2 is 2.24 bits per heavy atom. The summed E-state index contributed by atoms with van der Waals surface area (Å²) in [6.45, 7) is 2.98. The summed E-state index contributed by atoms with van der Waals surface area (Å²) in [5.41, 5.74) is 0. The lowest BCUT2D eigenvalue weighted by Crippen LogP contribution is -2.31. The van der Waals surface area contributed by atoms with Crippen LogP contribution in [0.15, 0.2) is 16.5 Å². The molecule has 0 spiro atoms. The maximum atomic E-state index is 11.7. The van der Waals surface area contributed by atoms with Crippen LogP contribution < -0.4 is 5.32 Å². The van der Waals surface area contributed by atoms with Crippen LogP contribution in [-0.2, 0) is 4.74 Å². The van der Waals surface area contributed by atoms with Crippen LogP contribution in [0.2, 0.25) is 0 Å². The van der Waals surface area contributed by atoms with E-state index < -0.39 is 16.7 Å². The van der Waals surface area contributed by atoms with Crippen molar-refractivity contribution in [2.45, 2.75) is 38.7 Å². The van der Waals surface area contributed by atoms with E-state index in [9.17, 15) is 14.9 Å². The van der Waals surface area contributed by atoms with Gasteiger partial charge in [0.25, 0.3) is 5.91 Å². The minimum Gasteiger partial charge on any atom is -0.395 e. The molecule has 1 aliphatic rings. The van der Waals surface area contributed by atoms with E-state index in [0.29, 0.717) is 19.1 Å². The van der Waals surface area contributed by atoms with Crippen molar-refractivity contribution in [3.05, 3.63) is 28.0 Å². The third-order valence-corrected chi connectivity index (χ3v) is 3.75. The standard InChI is InChI=1S/C14H20N2O5/c1-10-4-2-3-5-11(10)20-9-8-15-14(17)12-6-7-13(21-12)16(18)19/h6-7,10-11H,2-5,8-9H2,1H3,(H,15,17)/t10-,11-/m0/s1. The number of rotatable bonds is 6. The summed E-state index contributed by atoms with van der Waals surface area (Å²) < 4.78 is 10.6. The fourth-order valence-corrected chi connectivity index (χ4v) is 2.54. The van der Waals surface area contributed by atoms with Gasteiger partial charge < -0.3 is 14.5 Å². The third kappa shape index (κ3) is 4.29. The minimum absolute atomic E-state index is 0.0623. The van der Waals surface area contributed by atoms with Crippen molar-refractivity contribution >= 4 is 11.8 Å². The van der Waals surface area contributed by atoms with Gasteiger partial charge in [-0.25, -0.2) is 0 Å². The van der Waals surface area contributed by atoms with Crippen LogP contribution in [0.4, 0.5) is 5.88 Å². The third-order valence-electron chi connectivity index (χ3n) is 3.75. The summed E-state index contributed by atoms with van der Waals surface area (Å²) in [7, 11) is 0. The zero-order valence-corrected chi connectivity index (χ0v) is 12.0. The molecule has 7 heteroatoms. The van der Waals surface area contributed by atoms with Gasteiger partial charge in [-0.05, 0) is 24.8 Å². The molecule has 1 N–H and O–H groups in total. The number of hydrogen-bond donors (Lipinski definition) is 1. The highest BCUT2D eigenvalue weighted by atomic mass is 16.6. The average molecular weight is 296 g/mol. The lowest BCUT2D eigenvalue weighted by atomic mass is 9.88. The second-order valence-corrected chi connectivity index (χ2v) is 5.32. The predicted molar refractivity (Wildman–Crippen MR) is 75.1 cm³/mol. The normalized spacial score (nSPS) is 22.0. The molecule has 1 saturated carbocycles. The van der Waals surface area contributed by atoms with Gasteiger partial charge in [-0.15, -0.1) is 0 Å². The highest BCUT2D eigenvalue weighted by Crippen LogP contribution is 2.26. The number of hydrogen-bond acceptors (Lipinski definition) is 5. The van der Waals surface area contributed by atoms with Crippen LogP contribution in [0.25, 0.3) is 0 Å². The van der Waals surface area contributed by atoms with Gasteiger partial charge in [-0.3, -0.25) is 14.9 Å². The van der Waals surface area contributed by atoms with Crippen molar-refractivity contribution < 1.29 is 18.9 Å². The Labute approximate surface area is 122 Å². The summed E-state index contributed by atoms with van der Waals surface area (Å²) in [5.74, 6) is -0.411. The van der Waals surface area contributed by atoms with Crippen LogP contribution in [0.3, 0.4) is 0 Å². The number of carbonyl (C=O) groups excluding carboxylic acids is 1. The molecular weight excluding hydrogens is 276 g/mol. The van der Waals surface area contributed by atoms with Gasteiger partial charge >= 0.3 is 5.88 Å². The monoisotopic (exact) mass is 296 g/mol. The fourth-order valence-electron chi connectivity index (χ4n) is 2.54. The molecule has 7 nitrogen and oxygen atoms in total. The first-order valence-corrected chi connectivity index (χ1v) is 7.22. The van der Waals surface area contributed by atoms with Crippen LogP contribution in [-0.4, -0.2) is 30.1 Å². The number of nitro groups is 1. The molecule has 0 bridgehead atoms. The summed E-state index contributed by atoms with van der Waals surface area (Å²) in [4.78, 5) is 21.5. The van der Waals surface area contributed by atoms with Gasteiger partial charge in [0, 0.05) is 6.54 Å². The van der Waals surface area contributed by atoms with E-state index in [1.807, 2.05) is 0 Å². The zero-order valence-electron chi connectivity index (χ0n) is 12.0. The first kappa shape index (κ1) is 15.5. The molecule has 1 aromatic heterocycles. The summed E-state index contributed by atoms with van der Waals surface area (Å²) in [5, 5.41) is 13.1. The molecule has 1 fully saturated rings. The van der Waals surface area contributed by atoms with E-state index in [2.05, 4.69) is 12.2 Å². The Morgan fingerprint density at radius 3 is 2.90 bits per heavy atom. The molecule has 1 amide bonds. The lowest BCUT2D eigenvalue weighted by Gasteiger charge is -2.28. The highest BCUT2D eigenvalue weighted by molar-refractivity contribution is 5.91. The Morgan fingerprint density at radius 1 is 1.48 bits per heavy atom. The molecule has 2 atom stereocenters. The van der Waals surface area contributed by atoms with Gasteiger partial charge in [0.15, 0.2) is 5.76 Å². The molecule has 0 aliphatic heterocycles. The van der Waals surface area contributed by atoms with Gasteiger partial charge in [0.1, 0.15) is 4.92 Å². The average Bonchev–Trinajstić information content (AvgIpc) is 2.95. The van der Waals surface area contributed by atoms with Crippen molar-refractivity contribution in [3.63, 3.8) is 0 Å². The Hall–Kier alpha value is -1.89. The first-order valence-electron chi connectivity index (χ1n) is 7.22. The molecule has 1 aliphatic carbocycles. The van der Waals surface area contributed by atoms with E-state index in [1.165, 1.54) is 25.3 Å². The second-order valence-electron chi connectivity index (χ2n) is 5.32. The van der Waals surface area contributed by atoms with E-state index in [-0.39, 0.29) is 11.9 Å². The second kappa shape index (κ2) is 7.21. The molecule has 0 saturated heterocycles. The number of furan rings is 1. The van der Waals surface area contributed by atoms with Crippen LogP contribution in [0, 0.1) is 16.0 Å². The highest BCUT2D eigenvalue weighted by Gasteiger charge is 2.22. The van der Waals surface area contributed by atoms with Crippen molar-refractivity contribution in [1.29, 1.82) is 0 Å². The fraction of sp³-hybridized carbons (Fsp3) is 0.643. The van der Waals surface area contributed by atoms with Gasteiger partial charge in [-0.1, -0.05) is 19.8 Å². The van der Waals surface area contributed by atoms with E-state index >= 15 is 0 Å². The molecule has 2 rings (SSSR count). The van der Waals surface area contributed by atoms with Crippen LogP contribution in [0.5, 0.6) is 0 Å².